The van der Waals surface area contributed by atoms with Gasteiger partial charge in [-0.25, -0.2) is 0 Å². The van der Waals surface area contributed by atoms with Crippen molar-refractivity contribution in [2.75, 3.05) is 25.0 Å². The molecule has 0 saturated carbocycles. The zero-order valence-corrected chi connectivity index (χ0v) is 10.9. The van der Waals surface area contributed by atoms with Gasteiger partial charge in [-0.2, -0.15) is 0 Å². The van der Waals surface area contributed by atoms with Crippen LogP contribution in [0.5, 0.6) is 0 Å². The maximum atomic E-state index is 5.69. The molecule has 3 N–H and O–H groups in total. The van der Waals surface area contributed by atoms with Crippen LogP contribution in [0.3, 0.4) is 0 Å². The number of benzene rings is 1. The third-order valence-corrected chi connectivity index (χ3v) is 3.23. The van der Waals surface area contributed by atoms with Crippen molar-refractivity contribution in [3.63, 3.8) is 0 Å². The van der Waals surface area contributed by atoms with E-state index in [1.807, 2.05) is 12.1 Å². The highest BCUT2D eigenvalue weighted by molar-refractivity contribution is 9.10. The summed E-state index contributed by atoms with van der Waals surface area (Å²) in [6, 6.07) is 8.31. The Morgan fingerprint density at radius 1 is 1.56 bits per heavy atom. The minimum absolute atomic E-state index is 0.490. The van der Waals surface area contributed by atoms with Crippen LogP contribution in [0.2, 0.25) is 0 Å². The summed E-state index contributed by atoms with van der Waals surface area (Å²) >= 11 is 3.48. The zero-order chi connectivity index (χ0) is 11.5. The number of nitrogens with zero attached hydrogens (tertiary/aromatic N) is 1. The maximum Gasteiger partial charge on any atom is 0.0923 e. The number of hydrogen-bond donors (Lipinski definition) is 2. The smallest absolute Gasteiger partial charge is 0.0923 e. The Labute approximate surface area is 104 Å². The van der Waals surface area contributed by atoms with E-state index in [1.54, 1.807) is 0 Å². The molecule has 0 radical (unpaired) electrons. The van der Waals surface area contributed by atoms with Crippen molar-refractivity contribution in [1.29, 1.82) is 0 Å². The van der Waals surface area contributed by atoms with E-state index >= 15 is 0 Å². The first-order valence-corrected chi connectivity index (χ1v) is 6.12. The first kappa shape index (κ1) is 11.3. The highest BCUT2D eigenvalue weighted by atomic mass is 79.9. The van der Waals surface area contributed by atoms with Crippen molar-refractivity contribution < 1.29 is 0 Å². The van der Waals surface area contributed by atoms with E-state index in [-0.39, 0.29) is 0 Å². The van der Waals surface area contributed by atoms with Crippen LogP contribution < -0.4 is 16.0 Å². The van der Waals surface area contributed by atoms with Crippen molar-refractivity contribution in [1.82, 2.24) is 5.32 Å². The lowest BCUT2D eigenvalue weighted by Gasteiger charge is -2.22. The van der Waals surface area contributed by atoms with E-state index < -0.39 is 0 Å². The van der Waals surface area contributed by atoms with Crippen LogP contribution in [0.25, 0.3) is 0 Å². The van der Waals surface area contributed by atoms with Gasteiger partial charge < -0.3 is 16.0 Å². The second-order valence-electron chi connectivity index (χ2n) is 4.12. The van der Waals surface area contributed by atoms with Gasteiger partial charge in [0.25, 0.3) is 0 Å². The summed E-state index contributed by atoms with van der Waals surface area (Å²) in [4.78, 5) is 2.24. The Morgan fingerprint density at radius 2 is 2.38 bits per heavy atom. The van der Waals surface area contributed by atoms with Crippen LogP contribution in [0.1, 0.15) is 0 Å². The highest BCUT2D eigenvalue weighted by Crippen LogP contribution is 2.20. The molecule has 3 nitrogen and oxygen atoms in total. The summed E-state index contributed by atoms with van der Waals surface area (Å²) in [5.41, 5.74) is 6.90. The molecule has 1 heterocycles. The van der Waals surface area contributed by atoms with Gasteiger partial charge in [-0.3, -0.25) is 0 Å². The molecule has 0 aliphatic carbocycles. The fourth-order valence-corrected chi connectivity index (χ4v) is 2.30. The summed E-state index contributed by atoms with van der Waals surface area (Å²) in [6.45, 7) is 1.91. The van der Waals surface area contributed by atoms with Crippen LogP contribution >= 0.6 is 15.9 Å². The van der Waals surface area contributed by atoms with Gasteiger partial charge >= 0.3 is 0 Å². The third-order valence-electron chi connectivity index (χ3n) is 2.74. The SMILES string of the molecule is CN(C[C@H]1C=C(N)NC1)c1cccc(Br)c1. The molecule has 0 spiro atoms. The zero-order valence-electron chi connectivity index (χ0n) is 9.28. The molecule has 0 aromatic heterocycles. The van der Waals surface area contributed by atoms with E-state index in [9.17, 15) is 0 Å². The van der Waals surface area contributed by atoms with Gasteiger partial charge in [0.15, 0.2) is 0 Å². The molecule has 1 aromatic carbocycles. The lowest BCUT2D eigenvalue weighted by Crippen LogP contribution is -2.27. The van der Waals surface area contributed by atoms with Gasteiger partial charge in [0.2, 0.25) is 0 Å². The number of nitrogens with two attached hydrogens (primary N) is 1. The molecular formula is C12H16BrN3. The van der Waals surface area contributed by atoms with Gasteiger partial charge in [-0.1, -0.05) is 22.0 Å². The van der Waals surface area contributed by atoms with E-state index in [4.69, 9.17) is 5.73 Å². The summed E-state index contributed by atoms with van der Waals surface area (Å²) in [6.07, 6.45) is 2.09. The normalized spacial score (nSPS) is 19.1. The molecule has 1 aromatic rings. The third kappa shape index (κ3) is 2.70. The molecule has 0 unspecified atom stereocenters. The van der Waals surface area contributed by atoms with Crippen molar-refractivity contribution in [2.24, 2.45) is 11.7 Å². The number of rotatable bonds is 3. The van der Waals surface area contributed by atoms with Crippen molar-refractivity contribution >= 4 is 21.6 Å². The van der Waals surface area contributed by atoms with Crippen LogP contribution in [0.15, 0.2) is 40.6 Å². The summed E-state index contributed by atoms with van der Waals surface area (Å²) in [7, 11) is 2.10. The van der Waals surface area contributed by atoms with Crippen LogP contribution in [0, 0.1) is 5.92 Å². The number of halogens is 1. The number of hydrogen-bond acceptors (Lipinski definition) is 3. The van der Waals surface area contributed by atoms with Crippen molar-refractivity contribution in [3.8, 4) is 0 Å². The standard InChI is InChI=1S/C12H16BrN3/c1-16(8-9-5-12(14)15-7-9)11-4-2-3-10(13)6-11/h2-6,9,15H,7-8,14H2,1H3/t9-/m0/s1. The van der Waals surface area contributed by atoms with Gasteiger partial charge in [0.05, 0.1) is 5.82 Å². The molecule has 0 fully saturated rings. The van der Waals surface area contributed by atoms with Crippen LogP contribution in [0.4, 0.5) is 5.69 Å². The number of nitrogens with one attached hydrogen (secondary N) is 1. The summed E-state index contributed by atoms with van der Waals surface area (Å²) < 4.78 is 1.11. The first-order chi connectivity index (χ1) is 7.65. The Hall–Kier alpha value is -1.16. The Morgan fingerprint density at radius 3 is 3.00 bits per heavy atom. The molecule has 1 aliphatic heterocycles. The average Bonchev–Trinajstić information content (AvgIpc) is 2.64. The molecule has 0 saturated heterocycles. The topological polar surface area (TPSA) is 41.3 Å². The highest BCUT2D eigenvalue weighted by Gasteiger charge is 2.15. The van der Waals surface area contributed by atoms with Crippen molar-refractivity contribution in [3.05, 3.63) is 40.6 Å². The van der Waals surface area contributed by atoms with E-state index in [1.165, 1.54) is 5.69 Å². The van der Waals surface area contributed by atoms with E-state index in [0.29, 0.717) is 5.92 Å². The van der Waals surface area contributed by atoms with E-state index in [0.717, 1.165) is 23.4 Å². The monoisotopic (exact) mass is 281 g/mol. The van der Waals surface area contributed by atoms with E-state index in [2.05, 4.69) is 51.4 Å². The summed E-state index contributed by atoms with van der Waals surface area (Å²) in [5, 5.41) is 3.14. The van der Waals surface area contributed by atoms with Crippen LogP contribution in [-0.2, 0) is 0 Å². The molecule has 1 atom stereocenters. The average molecular weight is 282 g/mol. The fourth-order valence-electron chi connectivity index (χ4n) is 1.91. The second-order valence-corrected chi connectivity index (χ2v) is 5.04. The molecule has 0 bridgehead atoms. The molecule has 0 amide bonds. The van der Waals surface area contributed by atoms with Crippen LogP contribution in [-0.4, -0.2) is 20.1 Å². The fraction of sp³-hybridized carbons (Fsp3) is 0.333. The largest absolute Gasteiger partial charge is 0.386 e. The van der Waals surface area contributed by atoms with Gasteiger partial charge in [0, 0.05) is 36.2 Å². The Kier molecular flexibility index (Phi) is 3.39. The minimum atomic E-state index is 0.490. The second kappa shape index (κ2) is 4.78. The number of anilines is 1. The maximum absolute atomic E-state index is 5.69. The Bertz CT molecular complexity index is 403. The molecule has 86 valence electrons. The summed E-state index contributed by atoms with van der Waals surface area (Å²) in [5.74, 6) is 1.29. The molecule has 4 heteroatoms. The van der Waals surface area contributed by atoms with Crippen molar-refractivity contribution in [2.45, 2.75) is 0 Å². The predicted molar refractivity (Wildman–Crippen MR) is 71.2 cm³/mol. The predicted octanol–water partition coefficient (Wildman–Crippen LogP) is 1.90. The lowest BCUT2D eigenvalue weighted by atomic mass is 10.1. The Balaban J connectivity index is 2.00. The molecule has 2 rings (SSSR count). The minimum Gasteiger partial charge on any atom is -0.386 e. The van der Waals surface area contributed by atoms with Gasteiger partial charge in [-0.05, 0) is 24.3 Å². The molecule has 16 heavy (non-hydrogen) atoms. The first-order valence-electron chi connectivity index (χ1n) is 5.33. The molecular weight excluding hydrogens is 266 g/mol. The quantitative estimate of drug-likeness (QED) is 0.889. The van der Waals surface area contributed by atoms with Gasteiger partial charge in [0.1, 0.15) is 0 Å². The molecule has 1 aliphatic rings. The lowest BCUT2D eigenvalue weighted by molar-refractivity contribution is 0.640. The van der Waals surface area contributed by atoms with Gasteiger partial charge in [-0.15, -0.1) is 0 Å².